The van der Waals surface area contributed by atoms with Gasteiger partial charge in [-0.25, -0.2) is 19.0 Å². The van der Waals surface area contributed by atoms with E-state index in [-0.39, 0.29) is 16.6 Å². The third kappa shape index (κ3) is 1.11. The molecular weight excluding hydrogens is 256 g/mol. The van der Waals surface area contributed by atoms with Gasteiger partial charge in [0.25, 0.3) is 0 Å². The lowest BCUT2D eigenvalue weighted by Crippen LogP contribution is -2.33. The maximum atomic E-state index is 11.9. The average Bonchev–Trinajstić information content (AvgIpc) is 2.68. The van der Waals surface area contributed by atoms with E-state index in [1.165, 1.54) is 4.40 Å². The van der Waals surface area contributed by atoms with Crippen LogP contribution in [0.15, 0.2) is 15.8 Å². The van der Waals surface area contributed by atoms with Gasteiger partial charge in [-0.1, -0.05) is 20.8 Å². The minimum atomic E-state index is -0.644. The van der Waals surface area contributed by atoms with Gasteiger partial charge in [0.15, 0.2) is 0 Å². The first-order valence-corrected chi connectivity index (χ1v) is 6.89. The number of aromatic amines is 1. The fourth-order valence-corrected chi connectivity index (χ4v) is 4.14. The molecule has 0 unspecified atom stereocenters. The monoisotopic (exact) mass is 272 g/mol. The molecule has 20 heavy (non-hydrogen) atoms. The molecule has 0 aliphatic heterocycles. The summed E-state index contributed by atoms with van der Waals surface area (Å²) in [5.41, 5.74) is 1.14. The first-order valence-electron chi connectivity index (χ1n) is 6.89. The normalized spacial score (nSPS) is 29.9. The van der Waals surface area contributed by atoms with E-state index in [1.54, 1.807) is 0 Å². The fourth-order valence-electron chi connectivity index (χ4n) is 4.14. The fraction of sp³-hybridized carbons (Fsp3) is 0.571. The van der Waals surface area contributed by atoms with Crippen LogP contribution in [-0.2, 0) is 5.41 Å². The highest BCUT2D eigenvalue weighted by Gasteiger charge is 2.60. The summed E-state index contributed by atoms with van der Waals surface area (Å²) in [5.74, 6) is 0.611. The summed E-state index contributed by atoms with van der Waals surface area (Å²) < 4.78 is 1.35. The maximum Gasteiger partial charge on any atom is 0.352 e. The number of nitrogens with one attached hydrogen (secondary N) is 1. The Kier molecular flexibility index (Phi) is 1.88. The molecule has 0 spiro atoms. The van der Waals surface area contributed by atoms with Crippen LogP contribution in [0.4, 0.5) is 0 Å². The van der Waals surface area contributed by atoms with E-state index >= 15 is 0 Å². The molecule has 0 saturated heterocycles. The topological polar surface area (TPSA) is 80.1 Å². The zero-order valence-electron chi connectivity index (χ0n) is 11.7. The van der Waals surface area contributed by atoms with Gasteiger partial charge in [-0.05, 0) is 29.7 Å². The van der Waals surface area contributed by atoms with Crippen molar-refractivity contribution in [3.8, 4) is 0 Å². The van der Waals surface area contributed by atoms with E-state index in [4.69, 9.17) is 0 Å². The zero-order valence-corrected chi connectivity index (χ0v) is 11.7. The second kappa shape index (κ2) is 3.19. The summed E-state index contributed by atoms with van der Waals surface area (Å²) >= 11 is 0. The molecule has 0 amide bonds. The molecule has 2 aromatic heterocycles. The van der Waals surface area contributed by atoms with Crippen molar-refractivity contribution < 1.29 is 0 Å². The largest absolute Gasteiger partial charge is 0.352 e. The molecule has 6 heteroatoms. The summed E-state index contributed by atoms with van der Waals surface area (Å²) in [6.07, 6.45) is 4.03. The Labute approximate surface area is 114 Å². The number of nitrogens with zero attached hydrogens (tertiary/aromatic N) is 3. The Morgan fingerprint density at radius 3 is 2.80 bits per heavy atom. The van der Waals surface area contributed by atoms with Gasteiger partial charge in [0.1, 0.15) is 0 Å². The van der Waals surface area contributed by atoms with Crippen molar-refractivity contribution in [2.24, 2.45) is 5.41 Å². The van der Waals surface area contributed by atoms with E-state index in [0.29, 0.717) is 5.92 Å². The van der Waals surface area contributed by atoms with Crippen LogP contribution in [-0.4, -0.2) is 19.4 Å². The highest BCUT2D eigenvalue weighted by Crippen LogP contribution is 2.66. The van der Waals surface area contributed by atoms with Crippen molar-refractivity contribution in [3.05, 3.63) is 38.4 Å². The molecule has 2 heterocycles. The van der Waals surface area contributed by atoms with Crippen molar-refractivity contribution >= 4 is 5.78 Å². The van der Waals surface area contributed by atoms with Gasteiger partial charge in [-0.15, -0.1) is 0 Å². The van der Waals surface area contributed by atoms with Crippen LogP contribution in [0.25, 0.3) is 5.78 Å². The second-order valence-corrected chi connectivity index (χ2v) is 6.71. The summed E-state index contributed by atoms with van der Waals surface area (Å²) in [6.45, 7) is 6.75. The lowest BCUT2D eigenvalue weighted by Gasteiger charge is -2.34. The van der Waals surface area contributed by atoms with Crippen molar-refractivity contribution in [2.75, 3.05) is 0 Å². The van der Waals surface area contributed by atoms with Gasteiger partial charge < -0.3 is 0 Å². The molecule has 2 aliphatic rings. The Hall–Kier alpha value is -1.98. The maximum absolute atomic E-state index is 11.9. The number of aromatic nitrogens is 4. The van der Waals surface area contributed by atoms with Crippen molar-refractivity contribution in [3.63, 3.8) is 0 Å². The molecule has 2 aromatic rings. The van der Waals surface area contributed by atoms with Crippen LogP contribution in [0.1, 0.15) is 50.8 Å². The summed E-state index contributed by atoms with van der Waals surface area (Å²) in [5, 5.41) is 0. The van der Waals surface area contributed by atoms with Crippen molar-refractivity contribution in [2.45, 2.75) is 44.9 Å². The number of hydrogen-bond donors (Lipinski definition) is 1. The van der Waals surface area contributed by atoms with Gasteiger partial charge in [-0.2, -0.15) is 4.98 Å². The number of H-pyrrole nitrogens is 1. The predicted octanol–water partition coefficient (Wildman–Crippen LogP) is 0.953. The lowest BCUT2D eigenvalue weighted by atomic mass is 9.70. The quantitative estimate of drug-likeness (QED) is 0.774. The third-order valence-corrected chi connectivity index (χ3v) is 5.73. The third-order valence-electron chi connectivity index (χ3n) is 5.73. The first-order chi connectivity index (χ1) is 9.34. The smallest absolute Gasteiger partial charge is 0.257 e. The molecule has 2 bridgehead atoms. The van der Waals surface area contributed by atoms with Crippen molar-refractivity contribution in [1.29, 1.82) is 0 Å². The van der Waals surface area contributed by atoms with E-state index in [2.05, 4.69) is 35.7 Å². The summed E-state index contributed by atoms with van der Waals surface area (Å²) in [6, 6.07) is 0. The Morgan fingerprint density at radius 2 is 2.05 bits per heavy atom. The minimum absolute atomic E-state index is 0.00488. The minimum Gasteiger partial charge on any atom is -0.257 e. The number of rotatable bonds is 0. The van der Waals surface area contributed by atoms with Gasteiger partial charge >= 0.3 is 11.4 Å². The van der Waals surface area contributed by atoms with E-state index in [1.807, 2.05) is 6.20 Å². The molecule has 1 fully saturated rings. The number of hydrogen-bond acceptors (Lipinski definition) is 4. The van der Waals surface area contributed by atoms with E-state index in [9.17, 15) is 9.59 Å². The molecule has 0 radical (unpaired) electrons. The van der Waals surface area contributed by atoms with E-state index < -0.39 is 11.4 Å². The Morgan fingerprint density at radius 1 is 1.30 bits per heavy atom. The first kappa shape index (κ1) is 11.8. The Balaban J connectivity index is 2.14. The van der Waals surface area contributed by atoms with Crippen LogP contribution in [0.3, 0.4) is 0 Å². The van der Waals surface area contributed by atoms with Crippen LogP contribution >= 0.6 is 0 Å². The van der Waals surface area contributed by atoms with E-state index in [0.717, 1.165) is 24.1 Å². The summed E-state index contributed by atoms with van der Waals surface area (Å²) in [7, 11) is 0. The van der Waals surface area contributed by atoms with Gasteiger partial charge in [0.2, 0.25) is 5.78 Å². The van der Waals surface area contributed by atoms with Crippen LogP contribution in [0, 0.1) is 5.41 Å². The molecule has 0 aromatic carbocycles. The Bertz CT molecular complexity index is 864. The molecule has 1 N–H and O–H groups in total. The van der Waals surface area contributed by atoms with Gasteiger partial charge in [-0.3, -0.25) is 4.98 Å². The molecule has 104 valence electrons. The number of fused-ring (bicyclic) bond motifs is 6. The van der Waals surface area contributed by atoms with Crippen LogP contribution in [0.5, 0.6) is 0 Å². The highest BCUT2D eigenvalue weighted by molar-refractivity contribution is 5.47. The molecule has 1 saturated carbocycles. The van der Waals surface area contributed by atoms with Crippen LogP contribution < -0.4 is 11.4 Å². The lowest BCUT2D eigenvalue weighted by molar-refractivity contribution is 0.227. The van der Waals surface area contributed by atoms with Gasteiger partial charge in [0.05, 0.1) is 5.69 Å². The molecule has 2 atom stereocenters. The van der Waals surface area contributed by atoms with Crippen LogP contribution in [0.2, 0.25) is 0 Å². The SMILES string of the molecule is CC1(C)[C@@H]2CC[C@@]1(C)c1nc3nc(=O)[nH]c(=O)n3cc12. The standard InChI is InChI=1S/C14H16N4O2/c1-13(2)8-4-5-14(13,3)9-7(8)6-18-10(15-9)16-11(19)17-12(18)20/h6,8H,4-5H2,1-3H3,(H,17,19,20)/t8-,14+/m1/s1. The molecule has 2 aliphatic carbocycles. The zero-order chi connectivity index (χ0) is 14.3. The summed E-state index contributed by atoms with van der Waals surface area (Å²) in [4.78, 5) is 33.8. The second-order valence-electron chi connectivity index (χ2n) is 6.71. The molecular formula is C14H16N4O2. The molecule has 4 rings (SSSR count). The molecule has 6 nitrogen and oxygen atoms in total. The van der Waals surface area contributed by atoms with Gasteiger partial charge in [0, 0.05) is 11.6 Å². The predicted molar refractivity (Wildman–Crippen MR) is 73.0 cm³/mol. The van der Waals surface area contributed by atoms with Crippen molar-refractivity contribution in [1.82, 2.24) is 19.4 Å². The average molecular weight is 272 g/mol. The highest BCUT2D eigenvalue weighted by atomic mass is 16.2.